The molecule has 0 saturated carbocycles. The Morgan fingerprint density at radius 1 is 0.882 bits per heavy atom. The van der Waals surface area contributed by atoms with Crippen molar-refractivity contribution in [3.8, 4) is 0 Å². The number of aromatic nitrogens is 1. The third-order valence-corrected chi connectivity index (χ3v) is 6.65. The Bertz CT molecular complexity index is 1160. The summed E-state index contributed by atoms with van der Waals surface area (Å²) in [4.78, 5) is 16.2. The first-order valence-corrected chi connectivity index (χ1v) is 12.2. The van der Waals surface area contributed by atoms with Crippen LogP contribution in [0, 0.1) is 0 Å². The number of hydrogen-bond donors (Lipinski definition) is 0. The van der Waals surface area contributed by atoms with E-state index >= 15 is 0 Å². The highest BCUT2D eigenvalue weighted by Crippen LogP contribution is 2.29. The van der Waals surface area contributed by atoms with E-state index in [1.165, 1.54) is 0 Å². The maximum absolute atomic E-state index is 14.2. The number of amides is 1. The van der Waals surface area contributed by atoms with Crippen LogP contribution in [-0.4, -0.2) is 21.4 Å². The number of carbonyl (C=O) groups is 1. The van der Waals surface area contributed by atoms with Crippen molar-refractivity contribution < 1.29 is 4.79 Å². The summed E-state index contributed by atoms with van der Waals surface area (Å²) >= 11 is 6.20. The molecule has 4 aromatic rings. The van der Waals surface area contributed by atoms with Crippen LogP contribution in [0.5, 0.6) is 0 Å². The van der Waals surface area contributed by atoms with Gasteiger partial charge < -0.3 is 9.47 Å². The number of halogens is 1. The quantitative estimate of drug-likeness (QED) is 0.255. The highest BCUT2D eigenvalue weighted by atomic mass is 35.5. The molecule has 3 aromatic carbocycles. The van der Waals surface area contributed by atoms with E-state index in [0.717, 1.165) is 33.8 Å². The van der Waals surface area contributed by atoms with E-state index in [-0.39, 0.29) is 17.9 Å². The Kier molecular flexibility index (Phi) is 7.87. The van der Waals surface area contributed by atoms with Crippen LogP contribution < -0.4 is 0 Å². The normalized spacial score (nSPS) is 12.0. The van der Waals surface area contributed by atoms with Crippen molar-refractivity contribution in [1.29, 1.82) is 0 Å². The standard InChI is InChI=1S/C30H31ClN2O/c1-3-23(2)33(22-28-18-11-19-32(28)21-24-12-10-17-27(31)20-24)30(34)29(25-13-6-4-7-14-25)26-15-8-5-9-16-26/h4-20,23,29H,3,21-22H2,1-2H3. The summed E-state index contributed by atoms with van der Waals surface area (Å²) in [6, 6.07) is 32.4. The zero-order valence-corrected chi connectivity index (χ0v) is 20.5. The monoisotopic (exact) mass is 470 g/mol. The third kappa shape index (κ3) is 5.60. The predicted molar refractivity (Wildman–Crippen MR) is 140 cm³/mol. The van der Waals surface area contributed by atoms with Crippen LogP contribution in [-0.2, 0) is 17.9 Å². The Morgan fingerprint density at radius 3 is 2.12 bits per heavy atom. The molecule has 4 rings (SSSR count). The van der Waals surface area contributed by atoms with Gasteiger partial charge in [0.2, 0.25) is 5.91 Å². The van der Waals surface area contributed by atoms with Crippen LogP contribution in [0.25, 0.3) is 0 Å². The van der Waals surface area contributed by atoms with E-state index in [0.29, 0.717) is 13.1 Å². The molecule has 1 unspecified atom stereocenters. The molecule has 0 bridgehead atoms. The molecule has 0 N–H and O–H groups in total. The lowest BCUT2D eigenvalue weighted by molar-refractivity contribution is -0.134. The first-order chi connectivity index (χ1) is 16.6. The van der Waals surface area contributed by atoms with Gasteiger partial charge in [0.1, 0.15) is 0 Å². The molecule has 34 heavy (non-hydrogen) atoms. The second-order valence-electron chi connectivity index (χ2n) is 8.74. The molecule has 1 aromatic heterocycles. The van der Waals surface area contributed by atoms with Crippen molar-refractivity contribution in [2.75, 3.05) is 0 Å². The lowest BCUT2D eigenvalue weighted by atomic mass is 9.89. The van der Waals surface area contributed by atoms with E-state index < -0.39 is 0 Å². The van der Waals surface area contributed by atoms with Gasteiger partial charge in [0.15, 0.2) is 0 Å². The molecule has 0 fully saturated rings. The van der Waals surface area contributed by atoms with Crippen LogP contribution >= 0.6 is 11.6 Å². The maximum Gasteiger partial charge on any atom is 0.235 e. The molecule has 3 nitrogen and oxygen atoms in total. The fourth-order valence-corrected chi connectivity index (χ4v) is 4.57. The molecule has 0 spiro atoms. The van der Waals surface area contributed by atoms with Crippen molar-refractivity contribution in [2.24, 2.45) is 0 Å². The lowest BCUT2D eigenvalue weighted by Crippen LogP contribution is -2.41. The van der Waals surface area contributed by atoms with E-state index in [1.54, 1.807) is 0 Å². The fourth-order valence-electron chi connectivity index (χ4n) is 4.36. The molecule has 174 valence electrons. The summed E-state index contributed by atoms with van der Waals surface area (Å²) in [5.74, 6) is -0.213. The van der Waals surface area contributed by atoms with Gasteiger partial charge in [-0.3, -0.25) is 4.79 Å². The summed E-state index contributed by atoms with van der Waals surface area (Å²) < 4.78 is 2.20. The number of hydrogen-bond acceptors (Lipinski definition) is 1. The van der Waals surface area contributed by atoms with E-state index in [9.17, 15) is 4.79 Å². The minimum Gasteiger partial charge on any atom is -0.345 e. The van der Waals surface area contributed by atoms with Crippen LogP contribution in [0.4, 0.5) is 0 Å². The average Bonchev–Trinajstić information content (AvgIpc) is 3.30. The van der Waals surface area contributed by atoms with E-state index in [4.69, 9.17) is 11.6 Å². The van der Waals surface area contributed by atoms with Crippen molar-refractivity contribution in [2.45, 2.75) is 45.3 Å². The molecule has 1 amide bonds. The minimum atomic E-state index is -0.340. The van der Waals surface area contributed by atoms with E-state index in [1.807, 2.05) is 89.8 Å². The van der Waals surface area contributed by atoms with Gasteiger partial charge in [-0.25, -0.2) is 0 Å². The molecular formula is C30H31ClN2O. The Hall–Kier alpha value is -3.30. The van der Waals surface area contributed by atoms with Crippen LogP contribution in [0.3, 0.4) is 0 Å². The molecule has 0 aliphatic heterocycles. The Morgan fingerprint density at radius 2 is 1.53 bits per heavy atom. The Balaban J connectivity index is 1.66. The number of nitrogens with zero attached hydrogens (tertiary/aromatic N) is 2. The zero-order chi connectivity index (χ0) is 23.9. The largest absolute Gasteiger partial charge is 0.345 e. The Labute approximate surface area is 207 Å². The summed E-state index contributed by atoms with van der Waals surface area (Å²) in [5.41, 5.74) is 4.27. The fraction of sp³-hybridized carbons (Fsp3) is 0.233. The number of rotatable bonds is 9. The molecule has 0 aliphatic rings. The maximum atomic E-state index is 14.2. The topological polar surface area (TPSA) is 25.2 Å². The van der Waals surface area contributed by atoms with Gasteiger partial charge in [-0.15, -0.1) is 0 Å². The highest BCUT2D eigenvalue weighted by Gasteiger charge is 2.30. The van der Waals surface area contributed by atoms with Gasteiger partial charge >= 0.3 is 0 Å². The lowest BCUT2D eigenvalue weighted by Gasteiger charge is -2.33. The SMILES string of the molecule is CCC(C)N(Cc1cccn1Cc1cccc(Cl)c1)C(=O)C(c1ccccc1)c1ccccc1. The summed E-state index contributed by atoms with van der Waals surface area (Å²) in [5, 5.41) is 0.733. The van der Waals surface area contributed by atoms with Gasteiger partial charge in [0.05, 0.1) is 12.5 Å². The zero-order valence-electron chi connectivity index (χ0n) is 19.8. The van der Waals surface area contributed by atoms with Gasteiger partial charge in [0, 0.05) is 29.5 Å². The van der Waals surface area contributed by atoms with E-state index in [2.05, 4.69) is 36.7 Å². The molecule has 0 radical (unpaired) electrons. The molecule has 0 saturated heterocycles. The molecular weight excluding hydrogens is 440 g/mol. The summed E-state index contributed by atoms with van der Waals surface area (Å²) in [6.45, 7) is 5.54. The highest BCUT2D eigenvalue weighted by molar-refractivity contribution is 6.30. The first kappa shape index (κ1) is 23.8. The van der Waals surface area contributed by atoms with Crippen LogP contribution in [0.15, 0.2) is 103 Å². The number of benzene rings is 3. The third-order valence-electron chi connectivity index (χ3n) is 6.42. The average molecular weight is 471 g/mol. The van der Waals surface area contributed by atoms with Crippen LogP contribution in [0.1, 0.15) is 48.6 Å². The molecule has 0 aliphatic carbocycles. The van der Waals surface area contributed by atoms with Gasteiger partial charge in [-0.2, -0.15) is 0 Å². The predicted octanol–water partition coefficient (Wildman–Crippen LogP) is 7.15. The van der Waals surface area contributed by atoms with Crippen molar-refractivity contribution >= 4 is 17.5 Å². The molecule has 1 atom stereocenters. The van der Waals surface area contributed by atoms with Crippen molar-refractivity contribution in [3.05, 3.63) is 131 Å². The smallest absolute Gasteiger partial charge is 0.235 e. The summed E-state index contributed by atoms with van der Waals surface area (Å²) in [7, 11) is 0. The second kappa shape index (κ2) is 11.2. The molecule has 1 heterocycles. The van der Waals surface area contributed by atoms with Gasteiger partial charge in [-0.1, -0.05) is 91.3 Å². The van der Waals surface area contributed by atoms with Gasteiger partial charge in [-0.05, 0) is 54.3 Å². The van der Waals surface area contributed by atoms with Gasteiger partial charge in [0.25, 0.3) is 0 Å². The van der Waals surface area contributed by atoms with Crippen molar-refractivity contribution in [3.63, 3.8) is 0 Å². The summed E-state index contributed by atoms with van der Waals surface area (Å²) in [6.07, 6.45) is 2.96. The van der Waals surface area contributed by atoms with Crippen molar-refractivity contribution in [1.82, 2.24) is 9.47 Å². The van der Waals surface area contributed by atoms with Crippen LogP contribution in [0.2, 0.25) is 5.02 Å². The second-order valence-corrected chi connectivity index (χ2v) is 9.17. The molecule has 4 heteroatoms. The number of carbonyl (C=O) groups excluding carboxylic acids is 1. The minimum absolute atomic E-state index is 0.108. The first-order valence-electron chi connectivity index (χ1n) is 11.9.